The molecule has 8 heteroatoms. The van der Waals surface area contributed by atoms with Gasteiger partial charge in [-0.2, -0.15) is 0 Å². The number of piperidine rings is 1. The quantitative estimate of drug-likeness (QED) is 0.418. The maximum atomic E-state index is 12.7. The fourth-order valence-corrected chi connectivity index (χ4v) is 4.96. The van der Waals surface area contributed by atoms with Crippen LogP contribution >= 0.6 is 27.3 Å². The van der Waals surface area contributed by atoms with Crippen LogP contribution in [0.3, 0.4) is 0 Å². The van der Waals surface area contributed by atoms with Crippen LogP contribution < -0.4 is 5.32 Å². The van der Waals surface area contributed by atoms with Gasteiger partial charge in [0.1, 0.15) is 5.82 Å². The molecule has 0 saturated carbocycles. The maximum absolute atomic E-state index is 12.7. The number of carbonyl (C=O) groups is 1. The SMILES string of the molecule is O=C(Nc1nccs1)[C@@H]1CCCN(Cc2nc3ccccc3n2-c2ccc(Br)cc2)C1. The molecule has 1 fully saturated rings. The van der Waals surface area contributed by atoms with Gasteiger partial charge < -0.3 is 5.32 Å². The van der Waals surface area contributed by atoms with Crippen LogP contribution in [0.15, 0.2) is 64.6 Å². The Bertz CT molecular complexity index is 1190. The number of rotatable bonds is 5. The van der Waals surface area contributed by atoms with E-state index in [0.29, 0.717) is 11.7 Å². The van der Waals surface area contributed by atoms with Crippen molar-refractivity contribution in [1.82, 2.24) is 19.4 Å². The van der Waals surface area contributed by atoms with Crippen LogP contribution in [-0.2, 0) is 11.3 Å². The molecule has 1 atom stereocenters. The number of anilines is 1. The van der Waals surface area contributed by atoms with E-state index >= 15 is 0 Å². The summed E-state index contributed by atoms with van der Waals surface area (Å²) in [4.78, 5) is 24.2. The summed E-state index contributed by atoms with van der Waals surface area (Å²) in [6.07, 6.45) is 3.60. The second kappa shape index (κ2) is 8.90. The number of para-hydroxylation sites is 2. The minimum atomic E-state index is -0.0387. The number of hydrogen-bond acceptors (Lipinski definition) is 5. The molecule has 2 aromatic heterocycles. The van der Waals surface area contributed by atoms with Crippen LogP contribution in [0.2, 0.25) is 0 Å². The Morgan fingerprint density at radius 1 is 1.19 bits per heavy atom. The highest BCUT2D eigenvalue weighted by atomic mass is 79.9. The van der Waals surface area contributed by atoms with Gasteiger partial charge in [0.15, 0.2) is 5.13 Å². The van der Waals surface area contributed by atoms with Gasteiger partial charge in [0.25, 0.3) is 0 Å². The molecule has 1 aliphatic rings. The predicted molar refractivity (Wildman–Crippen MR) is 128 cm³/mol. The van der Waals surface area contributed by atoms with Gasteiger partial charge >= 0.3 is 0 Å². The number of thiazole rings is 1. The lowest BCUT2D eigenvalue weighted by molar-refractivity contribution is -0.121. The highest BCUT2D eigenvalue weighted by molar-refractivity contribution is 9.10. The highest BCUT2D eigenvalue weighted by Crippen LogP contribution is 2.26. The van der Waals surface area contributed by atoms with Gasteiger partial charge in [-0.1, -0.05) is 28.1 Å². The summed E-state index contributed by atoms with van der Waals surface area (Å²) in [5, 5.41) is 5.49. The van der Waals surface area contributed by atoms with Crippen LogP contribution in [0.4, 0.5) is 5.13 Å². The van der Waals surface area contributed by atoms with Crippen molar-refractivity contribution >= 4 is 49.3 Å². The number of amides is 1. The summed E-state index contributed by atoms with van der Waals surface area (Å²) in [5.41, 5.74) is 3.16. The number of fused-ring (bicyclic) bond motifs is 1. The molecule has 0 bridgehead atoms. The van der Waals surface area contributed by atoms with Gasteiger partial charge in [0.2, 0.25) is 5.91 Å². The summed E-state index contributed by atoms with van der Waals surface area (Å²) >= 11 is 4.97. The first-order chi connectivity index (χ1) is 15.2. The van der Waals surface area contributed by atoms with Crippen molar-refractivity contribution in [2.45, 2.75) is 19.4 Å². The fourth-order valence-electron chi connectivity index (χ4n) is 4.17. The molecule has 5 rings (SSSR count). The number of benzene rings is 2. The van der Waals surface area contributed by atoms with Gasteiger partial charge in [-0.05, 0) is 55.8 Å². The molecule has 0 spiro atoms. The molecule has 0 radical (unpaired) electrons. The number of likely N-dealkylation sites (tertiary alicyclic amines) is 1. The van der Waals surface area contributed by atoms with Crippen LogP contribution in [-0.4, -0.2) is 38.4 Å². The fraction of sp³-hybridized carbons (Fsp3) is 0.261. The average Bonchev–Trinajstić information content (AvgIpc) is 3.42. The summed E-state index contributed by atoms with van der Waals surface area (Å²) < 4.78 is 3.27. The zero-order valence-electron chi connectivity index (χ0n) is 16.9. The highest BCUT2D eigenvalue weighted by Gasteiger charge is 2.27. The Hall–Kier alpha value is -2.55. The Morgan fingerprint density at radius 3 is 2.84 bits per heavy atom. The number of aromatic nitrogens is 3. The number of carbonyl (C=O) groups excluding carboxylic acids is 1. The van der Waals surface area contributed by atoms with E-state index in [1.165, 1.54) is 11.3 Å². The molecule has 1 N–H and O–H groups in total. The van der Waals surface area contributed by atoms with E-state index < -0.39 is 0 Å². The van der Waals surface area contributed by atoms with E-state index in [-0.39, 0.29) is 11.8 Å². The molecular formula is C23H22BrN5OS. The van der Waals surface area contributed by atoms with Crippen molar-refractivity contribution in [2.24, 2.45) is 5.92 Å². The van der Waals surface area contributed by atoms with Crippen LogP contribution in [0.1, 0.15) is 18.7 Å². The first-order valence-corrected chi connectivity index (χ1v) is 12.0. The first-order valence-electron chi connectivity index (χ1n) is 10.3. The molecule has 0 unspecified atom stereocenters. The monoisotopic (exact) mass is 495 g/mol. The van der Waals surface area contributed by atoms with E-state index in [1.807, 2.05) is 29.6 Å². The summed E-state index contributed by atoms with van der Waals surface area (Å²) in [7, 11) is 0. The molecule has 158 valence electrons. The molecule has 4 aromatic rings. The van der Waals surface area contributed by atoms with E-state index in [2.05, 4.69) is 60.0 Å². The van der Waals surface area contributed by atoms with Crippen molar-refractivity contribution in [1.29, 1.82) is 0 Å². The van der Waals surface area contributed by atoms with Crippen molar-refractivity contribution in [3.8, 4) is 5.69 Å². The van der Waals surface area contributed by atoms with Gasteiger partial charge in [-0.25, -0.2) is 9.97 Å². The molecule has 6 nitrogen and oxygen atoms in total. The number of halogens is 1. The topological polar surface area (TPSA) is 63.1 Å². The smallest absolute Gasteiger partial charge is 0.230 e. The van der Waals surface area contributed by atoms with Crippen molar-refractivity contribution in [2.75, 3.05) is 18.4 Å². The molecule has 0 aliphatic carbocycles. The second-order valence-electron chi connectivity index (χ2n) is 7.73. The Labute approximate surface area is 193 Å². The molecular weight excluding hydrogens is 474 g/mol. The summed E-state index contributed by atoms with van der Waals surface area (Å²) in [6.45, 7) is 2.39. The molecule has 1 amide bonds. The summed E-state index contributed by atoms with van der Waals surface area (Å²) in [6, 6.07) is 16.5. The third-order valence-electron chi connectivity index (χ3n) is 5.62. The van der Waals surface area contributed by atoms with E-state index in [0.717, 1.165) is 52.9 Å². The van der Waals surface area contributed by atoms with Gasteiger partial charge in [0, 0.05) is 28.3 Å². The van der Waals surface area contributed by atoms with Crippen molar-refractivity contribution in [3.63, 3.8) is 0 Å². The lowest BCUT2D eigenvalue weighted by Crippen LogP contribution is -2.40. The van der Waals surface area contributed by atoms with E-state index in [1.54, 1.807) is 6.20 Å². The average molecular weight is 496 g/mol. The second-order valence-corrected chi connectivity index (χ2v) is 9.54. The number of hydrogen-bond donors (Lipinski definition) is 1. The maximum Gasteiger partial charge on any atom is 0.230 e. The lowest BCUT2D eigenvalue weighted by atomic mass is 9.97. The minimum Gasteiger partial charge on any atom is -0.302 e. The van der Waals surface area contributed by atoms with Crippen LogP contribution in [0, 0.1) is 5.92 Å². The van der Waals surface area contributed by atoms with Crippen molar-refractivity contribution in [3.05, 3.63) is 70.4 Å². The zero-order valence-corrected chi connectivity index (χ0v) is 19.3. The normalized spacial score (nSPS) is 17.1. The molecule has 31 heavy (non-hydrogen) atoms. The van der Waals surface area contributed by atoms with Gasteiger partial charge in [-0.3, -0.25) is 14.3 Å². The largest absolute Gasteiger partial charge is 0.302 e. The first kappa shape index (κ1) is 20.4. The molecule has 1 aliphatic heterocycles. The molecule has 1 saturated heterocycles. The Kier molecular flexibility index (Phi) is 5.85. The lowest BCUT2D eigenvalue weighted by Gasteiger charge is -2.31. The Balaban J connectivity index is 1.39. The van der Waals surface area contributed by atoms with E-state index in [9.17, 15) is 4.79 Å². The van der Waals surface area contributed by atoms with E-state index in [4.69, 9.17) is 4.98 Å². The number of nitrogens with one attached hydrogen (secondary N) is 1. The standard InChI is InChI=1S/C23H22BrN5OS/c24-17-7-9-18(10-8-17)29-20-6-2-1-5-19(20)26-21(29)15-28-12-3-4-16(14-28)22(30)27-23-25-11-13-31-23/h1-2,5-11,13,16H,3-4,12,14-15H2,(H,25,27,30)/t16-/m1/s1. The van der Waals surface area contributed by atoms with Gasteiger partial charge in [0.05, 0.1) is 23.5 Å². The van der Waals surface area contributed by atoms with Crippen LogP contribution in [0.25, 0.3) is 16.7 Å². The van der Waals surface area contributed by atoms with Crippen molar-refractivity contribution < 1.29 is 4.79 Å². The molecule has 3 heterocycles. The number of nitrogens with zero attached hydrogens (tertiary/aromatic N) is 4. The van der Waals surface area contributed by atoms with Gasteiger partial charge in [-0.15, -0.1) is 11.3 Å². The zero-order chi connectivity index (χ0) is 21.2. The number of imidazole rings is 1. The third kappa shape index (κ3) is 4.42. The minimum absolute atomic E-state index is 0.0387. The summed E-state index contributed by atoms with van der Waals surface area (Å²) in [5.74, 6) is 1.01. The predicted octanol–water partition coefficient (Wildman–Crippen LogP) is 5.10. The van der Waals surface area contributed by atoms with Crippen LogP contribution in [0.5, 0.6) is 0 Å². The Morgan fingerprint density at radius 2 is 2.03 bits per heavy atom. The molecule has 2 aromatic carbocycles. The third-order valence-corrected chi connectivity index (χ3v) is 6.84.